The molecule has 1 aromatic rings. The van der Waals surface area contributed by atoms with Crippen molar-refractivity contribution in [2.75, 3.05) is 22.6 Å². The highest BCUT2D eigenvalue weighted by atomic mass is 32.2. The Morgan fingerprint density at radius 1 is 1.55 bits per heavy atom. The van der Waals surface area contributed by atoms with Gasteiger partial charge in [0.2, 0.25) is 0 Å². The maximum Gasteiger partial charge on any atom is 0.168 e. The minimum Gasteiger partial charge on any atom is -0.383 e. The molecule has 1 aliphatic rings. The molecule has 0 radical (unpaired) electrons. The van der Waals surface area contributed by atoms with Gasteiger partial charge in [0, 0.05) is 6.04 Å². The van der Waals surface area contributed by atoms with Crippen LogP contribution in [0.3, 0.4) is 0 Å². The van der Waals surface area contributed by atoms with E-state index in [2.05, 4.69) is 10.4 Å². The van der Waals surface area contributed by atoms with Crippen LogP contribution < -0.4 is 11.1 Å². The van der Waals surface area contributed by atoms with Gasteiger partial charge < -0.3 is 11.1 Å². The average Bonchev–Trinajstić information content (AvgIpc) is 2.77. The molecule has 0 bridgehead atoms. The van der Waals surface area contributed by atoms with Crippen molar-refractivity contribution >= 4 is 21.5 Å². The highest BCUT2D eigenvalue weighted by Gasteiger charge is 2.42. The SMILES string of the molecule is CC(C)Nc1nn(C2(C)CCS(=O)(=O)C2)c(N)c1C#N. The highest BCUT2D eigenvalue weighted by Crippen LogP contribution is 2.35. The molecule has 2 heterocycles. The number of anilines is 2. The number of nitrogens with two attached hydrogens (primary N) is 1. The monoisotopic (exact) mass is 297 g/mol. The number of nitrogens with zero attached hydrogens (tertiary/aromatic N) is 3. The van der Waals surface area contributed by atoms with Crippen LogP contribution in [0.1, 0.15) is 32.8 Å². The first-order valence-corrected chi connectivity index (χ1v) is 8.27. The van der Waals surface area contributed by atoms with Crippen LogP contribution in [0.4, 0.5) is 11.6 Å². The van der Waals surface area contributed by atoms with Gasteiger partial charge in [0.1, 0.15) is 17.5 Å². The van der Waals surface area contributed by atoms with Gasteiger partial charge in [-0.2, -0.15) is 10.4 Å². The van der Waals surface area contributed by atoms with Gasteiger partial charge in [-0.1, -0.05) is 0 Å². The second-order valence-electron chi connectivity index (χ2n) is 5.77. The molecule has 1 aromatic heterocycles. The molecule has 1 aliphatic heterocycles. The lowest BCUT2D eigenvalue weighted by Crippen LogP contribution is -2.33. The van der Waals surface area contributed by atoms with Gasteiger partial charge in [0.15, 0.2) is 15.7 Å². The molecule has 0 saturated carbocycles. The fourth-order valence-corrected chi connectivity index (χ4v) is 4.60. The number of nitrogen functional groups attached to an aromatic ring is 1. The molecular weight excluding hydrogens is 278 g/mol. The Balaban J connectivity index is 2.49. The van der Waals surface area contributed by atoms with Crippen molar-refractivity contribution in [3.8, 4) is 6.07 Å². The number of rotatable bonds is 3. The first-order chi connectivity index (χ1) is 9.18. The van der Waals surface area contributed by atoms with Gasteiger partial charge in [-0.05, 0) is 27.2 Å². The summed E-state index contributed by atoms with van der Waals surface area (Å²) in [4.78, 5) is 0. The molecule has 20 heavy (non-hydrogen) atoms. The van der Waals surface area contributed by atoms with E-state index in [9.17, 15) is 13.7 Å². The summed E-state index contributed by atoms with van der Waals surface area (Å²) in [5.74, 6) is 0.746. The molecule has 0 aromatic carbocycles. The molecule has 0 spiro atoms. The molecule has 8 heteroatoms. The summed E-state index contributed by atoms with van der Waals surface area (Å²) in [7, 11) is -3.07. The van der Waals surface area contributed by atoms with Crippen molar-refractivity contribution in [1.29, 1.82) is 5.26 Å². The molecule has 2 rings (SSSR count). The molecule has 1 fully saturated rings. The Morgan fingerprint density at radius 2 is 2.20 bits per heavy atom. The van der Waals surface area contributed by atoms with Crippen LogP contribution in [0.25, 0.3) is 0 Å². The van der Waals surface area contributed by atoms with E-state index >= 15 is 0 Å². The third-order valence-electron chi connectivity index (χ3n) is 3.45. The van der Waals surface area contributed by atoms with Gasteiger partial charge in [-0.3, -0.25) is 0 Å². The van der Waals surface area contributed by atoms with E-state index in [1.165, 1.54) is 4.68 Å². The fourth-order valence-electron chi connectivity index (χ4n) is 2.49. The van der Waals surface area contributed by atoms with Crippen LogP contribution in [-0.4, -0.2) is 35.7 Å². The summed E-state index contributed by atoms with van der Waals surface area (Å²) >= 11 is 0. The molecule has 110 valence electrons. The van der Waals surface area contributed by atoms with Crippen molar-refractivity contribution in [2.45, 2.75) is 38.8 Å². The largest absolute Gasteiger partial charge is 0.383 e. The van der Waals surface area contributed by atoms with Gasteiger partial charge in [0.05, 0.1) is 17.0 Å². The zero-order valence-electron chi connectivity index (χ0n) is 11.8. The van der Waals surface area contributed by atoms with Crippen LogP contribution >= 0.6 is 0 Å². The maximum absolute atomic E-state index is 11.7. The van der Waals surface area contributed by atoms with Crippen LogP contribution in [-0.2, 0) is 15.4 Å². The lowest BCUT2D eigenvalue weighted by Gasteiger charge is -2.23. The van der Waals surface area contributed by atoms with Crippen molar-refractivity contribution in [3.63, 3.8) is 0 Å². The van der Waals surface area contributed by atoms with Gasteiger partial charge in [-0.25, -0.2) is 13.1 Å². The molecule has 0 amide bonds. The van der Waals surface area contributed by atoms with Crippen molar-refractivity contribution in [2.24, 2.45) is 0 Å². The lowest BCUT2D eigenvalue weighted by molar-refractivity contribution is 0.335. The molecular formula is C12H19N5O2S. The Hall–Kier alpha value is -1.75. The minimum absolute atomic E-state index is 0.00212. The van der Waals surface area contributed by atoms with E-state index in [1.807, 2.05) is 19.9 Å². The molecule has 1 unspecified atom stereocenters. The summed E-state index contributed by atoms with van der Waals surface area (Å²) < 4.78 is 24.9. The predicted molar refractivity (Wildman–Crippen MR) is 77.0 cm³/mol. The number of hydrogen-bond acceptors (Lipinski definition) is 6. The number of nitriles is 1. The van der Waals surface area contributed by atoms with E-state index < -0.39 is 15.4 Å². The third kappa shape index (κ3) is 2.45. The van der Waals surface area contributed by atoms with E-state index in [1.54, 1.807) is 6.92 Å². The quantitative estimate of drug-likeness (QED) is 0.848. The number of aromatic nitrogens is 2. The van der Waals surface area contributed by atoms with Crippen LogP contribution in [0.15, 0.2) is 0 Å². The Morgan fingerprint density at radius 3 is 2.65 bits per heavy atom. The van der Waals surface area contributed by atoms with E-state index in [4.69, 9.17) is 5.73 Å². The zero-order chi connectivity index (χ0) is 15.1. The van der Waals surface area contributed by atoms with Crippen LogP contribution in [0.2, 0.25) is 0 Å². The summed E-state index contributed by atoms with van der Waals surface area (Å²) in [5.41, 5.74) is 5.57. The second kappa shape index (κ2) is 4.66. The first kappa shape index (κ1) is 14.7. The minimum atomic E-state index is -3.07. The molecule has 1 saturated heterocycles. The number of sulfone groups is 1. The predicted octanol–water partition coefficient (Wildman–Crippen LogP) is 0.691. The number of nitrogens with one attached hydrogen (secondary N) is 1. The van der Waals surface area contributed by atoms with Gasteiger partial charge >= 0.3 is 0 Å². The molecule has 1 atom stereocenters. The maximum atomic E-state index is 11.7. The normalized spacial score (nSPS) is 24.8. The van der Waals surface area contributed by atoms with E-state index in [0.717, 1.165) is 0 Å². The zero-order valence-corrected chi connectivity index (χ0v) is 12.7. The smallest absolute Gasteiger partial charge is 0.168 e. The van der Waals surface area contributed by atoms with Crippen LogP contribution in [0, 0.1) is 11.3 Å². The summed E-state index contributed by atoms with van der Waals surface area (Å²) in [6, 6.07) is 2.13. The topological polar surface area (TPSA) is 114 Å². The van der Waals surface area contributed by atoms with Gasteiger partial charge in [-0.15, -0.1) is 0 Å². The van der Waals surface area contributed by atoms with Crippen molar-refractivity contribution in [3.05, 3.63) is 5.56 Å². The van der Waals surface area contributed by atoms with Crippen molar-refractivity contribution < 1.29 is 8.42 Å². The van der Waals surface area contributed by atoms with Crippen LogP contribution in [0.5, 0.6) is 0 Å². The van der Waals surface area contributed by atoms with E-state index in [0.29, 0.717) is 12.2 Å². The average molecular weight is 297 g/mol. The second-order valence-corrected chi connectivity index (χ2v) is 7.95. The molecule has 0 aliphatic carbocycles. The first-order valence-electron chi connectivity index (χ1n) is 6.44. The molecule has 3 N–H and O–H groups in total. The summed E-state index contributed by atoms with van der Waals surface area (Å²) in [6.07, 6.45) is 0.452. The molecule has 7 nitrogen and oxygen atoms in total. The third-order valence-corrected chi connectivity index (χ3v) is 5.34. The van der Waals surface area contributed by atoms with Gasteiger partial charge in [0.25, 0.3) is 0 Å². The van der Waals surface area contributed by atoms with Crippen molar-refractivity contribution in [1.82, 2.24) is 9.78 Å². The standard InChI is InChI=1S/C12H19N5O2S/c1-8(2)15-11-9(6-13)10(14)17(16-11)12(3)4-5-20(18,19)7-12/h8H,4-5,7,14H2,1-3H3,(H,15,16). The summed E-state index contributed by atoms with van der Waals surface area (Å²) in [6.45, 7) is 5.66. The summed E-state index contributed by atoms with van der Waals surface area (Å²) in [5, 5.41) is 16.6. The Labute approximate surface area is 118 Å². The Bertz CT molecular complexity index is 671. The highest BCUT2D eigenvalue weighted by molar-refractivity contribution is 7.91. The lowest BCUT2D eigenvalue weighted by atomic mass is 10.0. The number of hydrogen-bond donors (Lipinski definition) is 2. The fraction of sp³-hybridized carbons (Fsp3) is 0.667. The van der Waals surface area contributed by atoms with E-state index in [-0.39, 0.29) is 28.9 Å². The Kier molecular flexibility index (Phi) is 3.42.